The van der Waals surface area contributed by atoms with Crippen LogP contribution in [0.15, 0.2) is 43.0 Å². The van der Waals surface area contributed by atoms with Crippen molar-refractivity contribution in [3.05, 3.63) is 48.5 Å². The monoisotopic (exact) mass is 273 g/mol. The summed E-state index contributed by atoms with van der Waals surface area (Å²) in [6.45, 7) is 4.24. The Kier molecular flexibility index (Phi) is 5.62. The van der Waals surface area contributed by atoms with Gasteiger partial charge in [-0.1, -0.05) is 12.1 Å². The predicted octanol–water partition coefficient (Wildman–Crippen LogP) is 3.02. The average molecular weight is 273 g/mol. The first-order valence-corrected chi connectivity index (χ1v) is 7.12. The summed E-state index contributed by atoms with van der Waals surface area (Å²) in [6, 6.07) is 8.57. The van der Waals surface area contributed by atoms with Crippen molar-refractivity contribution in [2.75, 3.05) is 13.7 Å². The lowest BCUT2D eigenvalue weighted by Gasteiger charge is -2.15. The number of nitrogens with one attached hydrogen (secondary N) is 1. The van der Waals surface area contributed by atoms with E-state index in [4.69, 9.17) is 4.74 Å². The van der Waals surface area contributed by atoms with E-state index in [0.29, 0.717) is 6.04 Å². The standard InChI is InChI=1S/C16H23N3O/c1-14(15-6-5-7-16(12-15)20-2)18-8-3-4-10-19-11-9-17-13-19/h5-7,9,11-14,18H,3-4,8,10H2,1-2H3. The highest BCUT2D eigenvalue weighted by Crippen LogP contribution is 2.18. The lowest BCUT2D eigenvalue weighted by molar-refractivity contribution is 0.413. The van der Waals surface area contributed by atoms with Gasteiger partial charge in [0, 0.05) is 25.0 Å². The first kappa shape index (κ1) is 14.6. The fourth-order valence-corrected chi connectivity index (χ4v) is 2.19. The molecule has 2 aromatic rings. The van der Waals surface area contributed by atoms with E-state index < -0.39 is 0 Å². The maximum atomic E-state index is 5.25. The van der Waals surface area contributed by atoms with Crippen molar-refractivity contribution in [2.45, 2.75) is 32.4 Å². The van der Waals surface area contributed by atoms with Crippen LogP contribution in [0.3, 0.4) is 0 Å². The van der Waals surface area contributed by atoms with Gasteiger partial charge in [0.1, 0.15) is 5.75 Å². The molecule has 1 N–H and O–H groups in total. The molecular formula is C16H23N3O. The molecule has 1 aromatic heterocycles. The maximum Gasteiger partial charge on any atom is 0.119 e. The molecule has 0 aliphatic heterocycles. The second-order valence-corrected chi connectivity index (χ2v) is 4.96. The predicted molar refractivity (Wildman–Crippen MR) is 80.9 cm³/mol. The van der Waals surface area contributed by atoms with E-state index in [2.05, 4.69) is 33.9 Å². The van der Waals surface area contributed by atoms with Crippen molar-refractivity contribution >= 4 is 0 Å². The summed E-state index contributed by atoms with van der Waals surface area (Å²) in [4.78, 5) is 4.04. The van der Waals surface area contributed by atoms with Gasteiger partial charge >= 0.3 is 0 Å². The Morgan fingerprint density at radius 2 is 2.25 bits per heavy atom. The van der Waals surface area contributed by atoms with Crippen molar-refractivity contribution in [2.24, 2.45) is 0 Å². The molecule has 1 atom stereocenters. The molecule has 0 saturated heterocycles. The smallest absolute Gasteiger partial charge is 0.119 e. The zero-order valence-electron chi connectivity index (χ0n) is 12.2. The number of benzene rings is 1. The Balaban J connectivity index is 1.68. The van der Waals surface area contributed by atoms with E-state index in [0.717, 1.165) is 31.7 Å². The molecule has 0 bridgehead atoms. The summed E-state index contributed by atoms with van der Waals surface area (Å²) in [5, 5.41) is 3.55. The van der Waals surface area contributed by atoms with Crippen molar-refractivity contribution < 1.29 is 4.74 Å². The number of ether oxygens (including phenoxy) is 1. The number of methoxy groups -OCH3 is 1. The number of unbranched alkanes of at least 4 members (excludes halogenated alkanes) is 1. The van der Waals surface area contributed by atoms with E-state index in [-0.39, 0.29) is 0 Å². The highest BCUT2D eigenvalue weighted by Gasteiger charge is 2.05. The molecule has 1 heterocycles. The average Bonchev–Trinajstić information content (AvgIpc) is 3.00. The summed E-state index contributed by atoms with van der Waals surface area (Å²) in [7, 11) is 1.70. The summed E-state index contributed by atoms with van der Waals surface area (Å²) in [6.07, 6.45) is 8.02. The van der Waals surface area contributed by atoms with Gasteiger partial charge in [-0.3, -0.25) is 0 Å². The van der Waals surface area contributed by atoms with Gasteiger partial charge in [0.05, 0.1) is 13.4 Å². The zero-order valence-corrected chi connectivity index (χ0v) is 12.2. The highest BCUT2D eigenvalue weighted by molar-refractivity contribution is 5.30. The molecule has 1 aromatic carbocycles. The Morgan fingerprint density at radius 1 is 1.35 bits per heavy atom. The molecule has 20 heavy (non-hydrogen) atoms. The number of rotatable bonds is 8. The second kappa shape index (κ2) is 7.70. The number of nitrogens with zero attached hydrogens (tertiary/aromatic N) is 2. The lowest BCUT2D eigenvalue weighted by Crippen LogP contribution is -2.20. The van der Waals surface area contributed by atoms with Gasteiger partial charge in [0.2, 0.25) is 0 Å². The summed E-state index contributed by atoms with van der Waals surface area (Å²) in [5.41, 5.74) is 1.26. The van der Waals surface area contributed by atoms with Crippen LogP contribution in [0.5, 0.6) is 5.75 Å². The molecule has 0 radical (unpaired) electrons. The molecule has 0 aliphatic rings. The van der Waals surface area contributed by atoms with Crippen LogP contribution in [0.1, 0.15) is 31.4 Å². The van der Waals surface area contributed by atoms with Crippen molar-refractivity contribution in [3.63, 3.8) is 0 Å². The summed E-state index contributed by atoms with van der Waals surface area (Å²) >= 11 is 0. The van der Waals surface area contributed by atoms with Crippen LogP contribution in [0.4, 0.5) is 0 Å². The van der Waals surface area contributed by atoms with Gasteiger partial charge in [-0.25, -0.2) is 4.98 Å². The largest absolute Gasteiger partial charge is 0.497 e. The fourth-order valence-electron chi connectivity index (χ4n) is 2.19. The molecule has 0 amide bonds. The van der Waals surface area contributed by atoms with Crippen molar-refractivity contribution in [1.82, 2.24) is 14.9 Å². The van der Waals surface area contributed by atoms with Crippen LogP contribution in [0, 0.1) is 0 Å². The second-order valence-electron chi connectivity index (χ2n) is 4.96. The Hall–Kier alpha value is -1.81. The minimum absolute atomic E-state index is 0.346. The molecule has 1 unspecified atom stereocenters. The molecule has 2 rings (SSSR count). The molecule has 4 heteroatoms. The Bertz CT molecular complexity index is 496. The molecular weight excluding hydrogens is 250 g/mol. The molecule has 0 saturated carbocycles. The van der Waals surface area contributed by atoms with Gasteiger partial charge in [-0.2, -0.15) is 0 Å². The number of aryl methyl sites for hydroxylation is 1. The third kappa shape index (κ3) is 4.38. The first-order valence-electron chi connectivity index (χ1n) is 7.12. The lowest BCUT2D eigenvalue weighted by atomic mass is 10.1. The van der Waals surface area contributed by atoms with Crippen LogP contribution < -0.4 is 10.1 Å². The maximum absolute atomic E-state index is 5.25. The normalized spacial score (nSPS) is 12.3. The first-order chi connectivity index (χ1) is 9.79. The van der Waals surface area contributed by atoms with Crippen LogP contribution in [-0.4, -0.2) is 23.2 Å². The summed E-state index contributed by atoms with van der Waals surface area (Å²) in [5.74, 6) is 0.913. The molecule has 0 aliphatic carbocycles. The van der Waals surface area contributed by atoms with Crippen LogP contribution >= 0.6 is 0 Å². The molecule has 0 fully saturated rings. The zero-order chi connectivity index (χ0) is 14.2. The Labute approximate surface area is 120 Å². The van der Waals surface area contributed by atoms with Gasteiger partial charge in [0.25, 0.3) is 0 Å². The number of aromatic nitrogens is 2. The SMILES string of the molecule is COc1cccc(C(C)NCCCCn2ccnc2)c1. The van der Waals surface area contributed by atoms with Gasteiger partial charge < -0.3 is 14.6 Å². The van der Waals surface area contributed by atoms with E-state index in [1.54, 1.807) is 7.11 Å². The summed E-state index contributed by atoms with van der Waals surface area (Å²) < 4.78 is 7.37. The van der Waals surface area contributed by atoms with Gasteiger partial charge in [-0.05, 0) is 44.0 Å². The molecule has 0 spiro atoms. The van der Waals surface area contributed by atoms with Crippen LogP contribution in [0.2, 0.25) is 0 Å². The quantitative estimate of drug-likeness (QED) is 0.751. The van der Waals surface area contributed by atoms with E-state index in [9.17, 15) is 0 Å². The Morgan fingerprint density at radius 3 is 3.00 bits per heavy atom. The number of imidazole rings is 1. The van der Waals surface area contributed by atoms with E-state index in [1.165, 1.54) is 5.56 Å². The number of hydrogen-bond donors (Lipinski definition) is 1. The van der Waals surface area contributed by atoms with E-state index in [1.807, 2.05) is 30.9 Å². The molecule has 108 valence electrons. The molecule has 4 nitrogen and oxygen atoms in total. The minimum atomic E-state index is 0.346. The third-order valence-corrected chi connectivity index (χ3v) is 3.45. The highest BCUT2D eigenvalue weighted by atomic mass is 16.5. The van der Waals surface area contributed by atoms with Crippen LogP contribution in [-0.2, 0) is 6.54 Å². The van der Waals surface area contributed by atoms with E-state index >= 15 is 0 Å². The number of hydrogen-bond acceptors (Lipinski definition) is 3. The topological polar surface area (TPSA) is 39.1 Å². The van der Waals surface area contributed by atoms with Crippen LogP contribution in [0.25, 0.3) is 0 Å². The van der Waals surface area contributed by atoms with Crippen molar-refractivity contribution in [1.29, 1.82) is 0 Å². The minimum Gasteiger partial charge on any atom is -0.497 e. The fraction of sp³-hybridized carbons (Fsp3) is 0.438. The van der Waals surface area contributed by atoms with Gasteiger partial charge in [-0.15, -0.1) is 0 Å². The third-order valence-electron chi connectivity index (χ3n) is 3.45. The van der Waals surface area contributed by atoms with Gasteiger partial charge in [0.15, 0.2) is 0 Å². The van der Waals surface area contributed by atoms with Crippen molar-refractivity contribution in [3.8, 4) is 5.75 Å².